The van der Waals surface area contributed by atoms with E-state index in [0.29, 0.717) is 17.2 Å². The summed E-state index contributed by atoms with van der Waals surface area (Å²) in [4.78, 5) is 3.74. The van der Waals surface area contributed by atoms with Crippen LogP contribution in [0.1, 0.15) is 5.56 Å². The normalized spacial score (nSPS) is 8.70. The van der Waals surface area contributed by atoms with Gasteiger partial charge in [-0.2, -0.15) is 0 Å². The number of terminal acetylenes is 1. The Kier molecular flexibility index (Phi) is 1.46. The monoisotopic (exact) mass is 133 g/mol. The van der Waals surface area contributed by atoms with Gasteiger partial charge in [0.2, 0.25) is 0 Å². The van der Waals surface area contributed by atoms with Crippen LogP contribution < -0.4 is 11.5 Å². The number of hydrogen-bond donors (Lipinski definition) is 2. The van der Waals surface area contributed by atoms with Crippen molar-refractivity contribution < 1.29 is 0 Å². The topological polar surface area (TPSA) is 64.9 Å². The second-order valence-corrected chi connectivity index (χ2v) is 1.85. The summed E-state index contributed by atoms with van der Waals surface area (Å²) in [5.74, 6) is 3.12. The summed E-state index contributed by atoms with van der Waals surface area (Å²) >= 11 is 0. The number of rotatable bonds is 0. The zero-order valence-electron chi connectivity index (χ0n) is 5.33. The van der Waals surface area contributed by atoms with E-state index in [4.69, 9.17) is 17.9 Å². The Labute approximate surface area is 59.1 Å². The zero-order valence-corrected chi connectivity index (χ0v) is 5.33. The number of nitrogens with zero attached hydrogens (tertiary/aromatic N) is 1. The third kappa shape index (κ3) is 1.17. The van der Waals surface area contributed by atoms with E-state index in [9.17, 15) is 0 Å². The second-order valence-electron chi connectivity index (χ2n) is 1.85. The summed E-state index contributed by atoms with van der Waals surface area (Å²) in [5.41, 5.74) is 11.4. The molecule has 0 radical (unpaired) electrons. The number of nitrogens with two attached hydrogens (primary N) is 2. The number of hydrogen-bond acceptors (Lipinski definition) is 3. The Bertz CT molecular complexity index is 265. The molecule has 1 heterocycles. The highest BCUT2D eigenvalue weighted by molar-refractivity contribution is 5.49. The maximum atomic E-state index is 5.35. The minimum absolute atomic E-state index is 0.355. The average molecular weight is 133 g/mol. The fourth-order valence-corrected chi connectivity index (χ4v) is 0.657. The molecule has 0 saturated heterocycles. The van der Waals surface area contributed by atoms with E-state index >= 15 is 0 Å². The van der Waals surface area contributed by atoms with Crippen molar-refractivity contribution in [2.24, 2.45) is 0 Å². The van der Waals surface area contributed by atoms with Gasteiger partial charge in [0.05, 0.1) is 0 Å². The Morgan fingerprint density at radius 3 is 2.20 bits per heavy atom. The second kappa shape index (κ2) is 2.28. The summed E-state index contributed by atoms with van der Waals surface area (Å²) < 4.78 is 0. The van der Waals surface area contributed by atoms with Crippen molar-refractivity contribution in [3.63, 3.8) is 0 Å². The van der Waals surface area contributed by atoms with Crippen LogP contribution in [0.2, 0.25) is 0 Å². The quantitative estimate of drug-likeness (QED) is 0.498. The Morgan fingerprint density at radius 2 is 1.80 bits per heavy atom. The third-order valence-electron chi connectivity index (χ3n) is 1.03. The number of aromatic nitrogens is 1. The lowest BCUT2D eigenvalue weighted by molar-refractivity contribution is 1.33. The first-order valence-electron chi connectivity index (χ1n) is 2.72. The summed E-state index contributed by atoms with van der Waals surface area (Å²) in [6.45, 7) is 0. The SMILES string of the molecule is C#Cc1cc(N)nc(N)c1. The molecule has 0 saturated carbocycles. The Morgan fingerprint density at radius 1 is 1.30 bits per heavy atom. The summed E-state index contributed by atoms with van der Waals surface area (Å²) in [6, 6.07) is 3.19. The molecule has 1 aromatic heterocycles. The molecule has 0 aliphatic rings. The first-order valence-corrected chi connectivity index (χ1v) is 2.72. The number of anilines is 2. The minimum atomic E-state index is 0.355. The van der Waals surface area contributed by atoms with Crippen molar-refractivity contribution in [3.8, 4) is 12.3 Å². The van der Waals surface area contributed by atoms with E-state index in [1.165, 1.54) is 0 Å². The van der Waals surface area contributed by atoms with Crippen LogP contribution in [0.3, 0.4) is 0 Å². The van der Waals surface area contributed by atoms with Gasteiger partial charge in [-0.05, 0) is 12.1 Å². The Balaban J connectivity index is 3.22. The molecule has 0 aliphatic carbocycles. The Hall–Kier alpha value is -1.69. The van der Waals surface area contributed by atoms with Gasteiger partial charge in [-0.1, -0.05) is 5.92 Å². The number of pyridine rings is 1. The largest absolute Gasteiger partial charge is 0.384 e. The molecular formula is C7H7N3. The maximum Gasteiger partial charge on any atom is 0.127 e. The van der Waals surface area contributed by atoms with E-state index in [2.05, 4.69) is 10.9 Å². The smallest absolute Gasteiger partial charge is 0.127 e. The highest BCUT2D eigenvalue weighted by Gasteiger charge is 1.92. The molecular weight excluding hydrogens is 126 g/mol. The molecule has 3 heteroatoms. The molecule has 0 bridgehead atoms. The first kappa shape index (κ1) is 6.43. The van der Waals surface area contributed by atoms with Crippen molar-refractivity contribution in [2.45, 2.75) is 0 Å². The van der Waals surface area contributed by atoms with Gasteiger partial charge < -0.3 is 11.5 Å². The van der Waals surface area contributed by atoms with E-state index in [-0.39, 0.29) is 0 Å². The van der Waals surface area contributed by atoms with Crippen molar-refractivity contribution in [1.82, 2.24) is 4.98 Å². The first-order chi connectivity index (χ1) is 4.72. The van der Waals surface area contributed by atoms with Crippen LogP contribution in [0.25, 0.3) is 0 Å². The lowest BCUT2D eigenvalue weighted by atomic mass is 10.2. The van der Waals surface area contributed by atoms with E-state index < -0.39 is 0 Å². The highest BCUT2D eigenvalue weighted by atomic mass is 14.9. The average Bonchev–Trinajstić information content (AvgIpc) is 1.85. The lowest BCUT2D eigenvalue weighted by Crippen LogP contribution is -1.96. The van der Waals surface area contributed by atoms with E-state index in [0.717, 1.165) is 0 Å². The molecule has 0 aromatic carbocycles. The van der Waals surface area contributed by atoms with Crippen molar-refractivity contribution in [3.05, 3.63) is 17.7 Å². The molecule has 0 spiro atoms. The standard InChI is InChI=1S/C7H7N3/c1-2-5-3-6(8)10-7(9)4-5/h1,3-4H,(H4,8,9,10). The van der Waals surface area contributed by atoms with Crippen LogP contribution in [0.15, 0.2) is 12.1 Å². The molecule has 1 aromatic rings. The molecule has 0 amide bonds. The fourth-order valence-electron chi connectivity index (χ4n) is 0.657. The zero-order chi connectivity index (χ0) is 7.56. The molecule has 10 heavy (non-hydrogen) atoms. The van der Waals surface area contributed by atoms with Crippen molar-refractivity contribution in [1.29, 1.82) is 0 Å². The molecule has 50 valence electrons. The lowest BCUT2D eigenvalue weighted by Gasteiger charge is -1.95. The van der Waals surface area contributed by atoms with Crippen LogP contribution >= 0.6 is 0 Å². The highest BCUT2D eigenvalue weighted by Crippen LogP contribution is 2.06. The van der Waals surface area contributed by atoms with Gasteiger partial charge in [0.25, 0.3) is 0 Å². The van der Waals surface area contributed by atoms with Gasteiger partial charge in [0, 0.05) is 5.56 Å². The van der Waals surface area contributed by atoms with Gasteiger partial charge in [-0.25, -0.2) is 4.98 Å². The molecule has 0 fully saturated rings. The third-order valence-corrected chi connectivity index (χ3v) is 1.03. The summed E-state index contributed by atoms with van der Waals surface area (Å²) in [5, 5.41) is 0. The van der Waals surface area contributed by atoms with Crippen molar-refractivity contribution >= 4 is 11.6 Å². The molecule has 0 unspecified atom stereocenters. The molecule has 3 nitrogen and oxygen atoms in total. The van der Waals surface area contributed by atoms with E-state index in [1.54, 1.807) is 12.1 Å². The predicted molar refractivity (Wildman–Crippen MR) is 41.0 cm³/mol. The predicted octanol–water partition coefficient (Wildman–Crippen LogP) is 0.227. The van der Waals surface area contributed by atoms with Gasteiger partial charge in [0.15, 0.2) is 0 Å². The van der Waals surface area contributed by atoms with Gasteiger partial charge >= 0.3 is 0 Å². The fraction of sp³-hybridized carbons (Fsp3) is 0. The van der Waals surface area contributed by atoms with Crippen LogP contribution in [0.4, 0.5) is 11.6 Å². The van der Waals surface area contributed by atoms with Gasteiger partial charge in [-0.3, -0.25) is 0 Å². The van der Waals surface area contributed by atoms with Gasteiger partial charge in [0.1, 0.15) is 11.6 Å². The summed E-state index contributed by atoms with van der Waals surface area (Å²) in [7, 11) is 0. The maximum absolute atomic E-state index is 5.35. The molecule has 0 aliphatic heterocycles. The van der Waals surface area contributed by atoms with Crippen LogP contribution in [0.5, 0.6) is 0 Å². The van der Waals surface area contributed by atoms with Crippen LogP contribution in [-0.4, -0.2) is 4.98 Å². The molecule has 4 N–H and O–H groups in total. The van der Waals surface area contributed by atoms with Gasteiger partial charge in [-0.15, -0.1) is 6.42 Å². The summed E-state index contributed by atoms with van der Waals surface area (Å²) in [6.07, 6.45) is 5.10. The van der Waals surface area contributed by atoms with E-state index in [1.807, 2.05) is 0 Å². The van der Waals surface area contributed by atoms with Crippen LogP contribution in [0, 0.1) is 12.3 Å². The minimum Gasteiger partial charge on any atom is -0.384 e. The molecule has 1 rings (SSSR count). The van der Waals surface area contributed by atoms with Crippen LogP contribution in [-0.2, 0) is 0 Å². The molecule has 0 atom stereocenters. The van der Waals surface area contributed by atoms with Crippen molar-refractivity contribution in [2.75, 3.05) is 11.5 Å². The number of nitrogen functional groups attached to an aromatic ring is 2.